The maximum absolute atomic E-state index is 12.9. The predicted octanol–water partition coefficient (Wildman–Crippen LogP) is 2.22. The number of carbonyl (C=O) groups excluding carboxylic acids is 2. The molecule has 1 saturated carbocycles. The summed E-state index contributed by atoms with van der Waals surface area (Å²) in [6.45, 7) is 0.786. The molecule has 4 N–H and O–H groups in total. The second-order valence-corrected chi connectivity index (χ2v) is 7.15. The standard InChI is InChI=1S/C21H23N3O2/c22-11-12-23-19(25)15-6-2-4-8-18(15)24-20(26)17-13-21(17)10-9-14-5-1-3-7-16(14)21/h1-8,17H,9-13,22H2,(H,23,25)(H,24,26). The fraction of sp³-hybridized carbons (Fsp3) is 0.333. The molecule has 2 aromatic rings. The van der Waals surface area contributed by atoms with E-state index in [4.69, 9.17) is 5.73 Å². The molecule has 5 nitrogen and oxygen atoms in total. The van der Waals surface area contributed by atoms with Crippen LogP contribution < -0.4 is 16.4 Å². The van der Waals surface area contributed by atoms with Gasteiger partial charge in [0.2, 0.25) is 5.91 Å². The predicted molar refractivity (Wildman–Crippen MR) is 101 cm³/mol. The lowest BCUT2D eigenvalue weighted by atomic mass is 9.95. The second kappa shape index (κ2) is 6.57. The van der Waals surface area contributed by atoms with Gasteiger partial charge in [-0.25, -0.2) is 0 Å². The summed E-state index contributed by atoms with van der Waals surface area (Å²) in [5.41, 5.74) is 9.16. The Morgan fingerprint density at radius 3 is 2.73 bits per heavy atom. The molecule has 2 atom stereocenters. The Morgan fingerprint density at radius 2 is 1.88 bits per heavy atom. The first-order valence-electron chi connectivity index (χ1n) is 9.12. The highest BCUT2D eigenvalue weighted by Crippen LogP contribution is 2.61. The van der Waals surface area contributed by atoms with Crippen molar-refractivity contribution in [1.82, 2.24) is 5.32 Å². The molecule has 0 aliphatic heterocycles. The van der Waals surface area contributed by atoms with Gasteiger partial charge in [0.1, 0.15) is 0 Å². The molecule has 0 saturated heterocycles. The fourth-order valence-corrected chi connectivity index (χ4v) is 4.23. The van der Waals surface area contributed by atoms with Crippen molar-refractivity contribution in [2.45, 2.75) is 24.7 Å². The normalized spacial score (nSPS) is 22.7. The van der Waals surface area contributed by atoms with Gasteiger partial charge >= 0.3 is 0 Å². The number of nitrogens with one attached hydrogen (secondary N) is 2. The van der Waals surface area contributed by atoms with E-state index >= 15 is 0 Å². The van der Waals surface area contributed by atoms with Gasteiger partial charge in [-0.05, 0) is 42.5 Å². The van der Waals surface area contributed by atoms with Gasteiger partial charge < -0.3 is 16.4 Å². The van der Waals surface area contributed by atoms with Crippen LogP contribution in [0, 0.1) is 5.92 Å². The Balaban J connectivity index is 1.50. The number of nitrogens with two attached hydrogens (primary N) is 1. The van der Waals surface area contributed by atoms with Crippen molar-refractivity contribution in [3.05, 3.63) is 65.2 Å². The first-order valence-corrected chi connectivity index (χ1v) is 9.12. The molecule has 1 spiro atoms. The molecule has 4 rings (SSSR count). The van der Waals surface area contributed by atoms with Crippen LogP contribution in [0.15, 0.2) is 48.5 Å². The van der Waals surface area contributed by atoms with Crippen molar-refractivity contribution in [2.75, 3.05) is 18.4 Å². The lowest BCUT2D eigenvalue weighted by Gasteiger charge is -2.14. The summed E-state index contributed by atoms with van der Waals surface area (Å²) in [5.74, 6) is -0.241. The van der Waals surface area contributed by atoms with E-state index in [9.17, 15) is 9.59 Å². The van der Waals surface area contributed by atoms with Crippen LogP contribution in [0.3, 0.4) is 0 Å². The second-order valence-electron chi connectivity index (χ2n) is 7.15. The molecule has 0 aromatic heterocycles. The highest BCUT2D eigenvalue weighted by atomic mass is 16.2. The van der Waals surface area contributed by atoms with Crippen molar-refractivity contribution in [3.8, 4) is 0 Å². The SMILES string of the molecule is NCCNC(=O)c1ccccc1NC(=O)C1CC12CCc1ccccc12. The smallest absolute Gasteiger partial charge is 0.253 e. The summed E-state index contributed by atoms with van der Waals surface area (Å²) in [5, 5.41) is 5.73. The molecule has 134 valence electrons. The van der Waals surface area contributed by atoms with E-state index in [2.05, 4.69) is 34.9 Å². The van der Waals surface area contributed by atoms with Crippen LogP contribution in [-0.2, 0) is 16.6 Å². The molecule has 2 unspecified atom stereocenters. The Hall–Kier alpha value is -2.66. The lowest BCUT2D eigenvalue weighted by Crippen LogP contribution is -2.30. The third kappa shape index (κ3) is 2.78. The summed E-state index contributed by atoms with van der Waals surface area (Å²) in [6.07, 6.45) is 2.96. The number of amides is 2. The number of carbonyl (C=O) groups is 2. The molecule has 0 radical (unpaired) electrons. The van der Waals surface area contributed by atoms with Gasteiger partial charge in [0.15, 0.2) is 0 Å². The molecule has 2 aliphatic carbocycles. The van der Waals surface area contributed by atoms with Gasteiger partial charge in [0, 0.05) is 24.4 Å². The van der Waals surface area contributed by atoms with Crippen molar-refractivity contribution in [2.24, 2.45) is 11.7 Å². The summed E-state index contributed by atoms with van der Waals surface area (Å²) in [4.78, 5) is 25.2. The summed E-state index contributed by atoms with van der Waals surface area (Å²) in [7, 11) is 0. The number of anilines is 1. The minimum atomic E-state index is -0.219. The van der Waals surface area contributed by atoms with Crippen molar-refractivity contribution < 1.29 is 9.59 Å². The number of para-hydroxylation sites is 1. The van der Waals surface area contributed by atoms with Crippen LogP contribution in [0.25, 0.3) is 0 Å². The number of rotatable bonds is 5. The molecule has 0 heterocycles. The van der Waals surface area contributed by atoms with E-state index in [1.807, 2.05) is 6.07 Å². The van der Waals surface area contributed by atoms with Gasteiger partial charge in [-0.1, -0.05) is 36.4 Å². The van der Waals surface area contributed by atoms with E-state index in [-0.39, 0.29) is 23.1 Å². The van der Waals surface area contributed by atoms with Gasteiger partial charge in [0.25, 0.3) is 5.91 Å². The maximum atomic E-state index is 12.9. The van der Waals surface area contributed by atoms with E-state index in [1.165, 1.54) is 11.1 Å². The molecular weight excluding hydrogens is 326 g/mol. The van der Waals surface area contributed by atoms with Crippen molar-refractivity contribution in [1.29, 1.82) is 0 Å². The summed E-state index contributed by atoms with van der Waals surface area (Å²) >= 11 is 0. The Bertz CT molecular complexity index is 864. The maximum Gasteiger partial charge on any atom is 0.253 e. The zero-order valence-electron chi connectivity index (χ0n) is 14.6. The molecule has 5 heteroatoms. The van der Waals surface area contributed by atoms with Crippen LogP contribution in [0.1, 0.15) is 34.3 Å². The minimum absolute atomic E-state index is 0.000720. The summed E-state index contributed by atoms with van der Waals surface area (Å²) in [6, 6.07) is 15.5. The molecule has 2 aliphatic rings. The minimum Gasteiger partial charge on any atom is -0.351 e. The fourth-order valence-electron chi connectivity index (χ4n) is 4.23. The van der Waals surface area contributed by atoms with Gasteiger partial charge in [-0.15, -0.1) is 0 Å². The van der Waals surface area contributed by atoms with Gasteiger partial charge in [-0.3, -0.25) is 9.59 Å². The molecule has 2 amide bonds. The quantitative estimate of drug-likeness (QED) is 0.774. The number of aryl methyl sites for hydroxylation is 1. The monoisotopic (exact) mass is 349 g/mol. The van der Waals surface area contributed by atoms with Crippen LogP contribution in [0.5, 0.6) is 0 Å². The molecule has 0 bridgehead atoms. The lowest BCUT2D eigenvalue weighted by molar-refractivity contribution is -0.117. The summed E-state index contributed by atoms with van der Waals surface area (Å²) < 4.78 is 0. The first-order chi connectivity index (χ1) is 12.7. The third-order valence-corrected chi connectivity index (χ3v) is 5.65. The molecule has 2 aromatic carbocycles. The Labute approximate surface area is 153 Å². The van der Waals surface area contributed by atoms with Crippen LogP contribution in [-0.4, -0.2) is 24.9 Å². The highest BCUT2D eigenvalue weighted by Gasteiger charge is 2.61. The Kier molecular flexibility index (Phi) is 4.24. The van der Waals surface area contributed by atoms with E-state index < -0.39 is 0 Å². The zero-order chi connectivity index (χ0) is 18.1. The van der Waals surface area contributed by atoms with Crippen LogP contribution >= 0.6 is 0 Å². The van der Waals surface area contributed by atoms with Crippen LogP contribution in [0.4, 0.5) is 5.69 Å². The number of hydrogen-bond acceptors (Lipinski definition) is 3. The largest absolute Gasteiger partial charge is 0.351 e. The van der Waals surface area contributed by atoms with E-state index in [1.54, 1.807) is 18.2 Å². The van der Waals surface area contributed by atoms with Crippen LogP contribution in [0.2, 0.25) is 0 Å². The van der Waals surface area contributed by atoms with Crippen molar-refractivity contribution >= 4 is 17.5 Å². The zero-order valence-corrected chi connectivity index (χ0v) is 14.6. The molecule has 26 heavy (non-hydrogen) atoms. The average molecular weight is 349 g/mol. The average Bonchev–Trinajstić information content (AvgIpc) is 3.29. The topological polar surface area (TPSA) is 84.2 Å². The number of benzene rings is 2. The van der Waals surface area contributed by atoms with Gasteiger partial charge in [0.05, 0.1) is 11.3 Å². The molecular formula is C21H23N3O2. The van der Waals surface area contributed by atoms with Gasteiger partial charge in [-0.2, -0.15) is 0 Å². The highest BCUT2D eigenvalue weighted by molar-refractivity contribution is 6.05. The van der Waals surface area contributed by atoms with Crippen molar-refractivity contribution in [3.63, 3.8) is 0 Å². The molecule has 1 fully saturated rings. The Morgan fingerprint density at radius 1 is 1.12 bits per heavy atom. The van der Waals surface area contributed by atoms with E-state index in [0.717, 1.165) is 19.3 Å². The number of fused-ring (bicyclic) bond motifs is 2. The first kappa shape index (κ1) is 16.8. The third-order valence-electron chi connectivity index (χ3n) is 5.65. The number of hydrogen-bond donors (Lipinski definition) is 3. The van der Waals surface area contributed by atoms with E-state index in [0.29, 0.717) is 24.3 Å².